The Bertz CT molecular complexity index is 1300. The molecule has 2 heterocycles. The largest absolute Gasteiger partial charge is 0.415 e. The van der Waals surface area contributed by atoms with Gasteiger partial charge in [0, 0.05) is 49.6 Å². The molecule has 3 fully saturated rings. The van der Waals surface area contributed by atoms with E-state index >= 15 is 0 Å². The molecule has 0 aromatic heterocycles. The van der Waals surface area contributed by atoms with Crippen LogP contribution in [-0.2, 0) is 9.59 Å². The molecule has 3 amide bonds. The summed E-state index contributed by atoms with van der Waals surface area (Å²) in [7, 11) is 0. The molecule has 2 unspecified atom stereocenters. The van der Waals surface area contributed by atoms with Gasteiger partial charge >= 0.3 is 6.09 Å². The predicted molar refractivity (Wildman–Crippen MR) is 146 cm³/mol. The van der Waals surface area contributed by atoms with Crippen LogP contribution in [0.2, 0.25) is 5.02 Å². The van der Waals surface area contributed by atoms with E-state index in [0.29, 0.717) is 63.4 Å². The Kier molecular flexibility index (Phi) is 7.99. The van der Waals surface area contributed by atoms with Gasteiger partial charge in [-0.2, -0.15) is 5.26 Å². The van der Waals surface area contributed by atoms with Gasteiger partial charge in [0.05, 0.1) is 12.1 Å². The maximum atomic E-state index is 13.7. The summed E-state index contributed by atoms with van der Waals surface area (Å²) in [6.07, 6.45) is 1.75. The van der Waals surface area contributed by atoms with Gasteiger partial charge in [0.2, 0.25) is 11.8 Å². The van der Waals surface area contributed by atoms with Gasteiger partial charge in [-0.05, 0) is 74.6 Å². The van der Waals surface area contributed by atoms with Crippen molar-refractivity contribution in [2.75, 3.05) is 32.7 Å². The van der Waals surface area contributed by atoms with Crippen molar-refractivity contribution in [2.24, 2.45) is 11.3 Å². The van der Waals surface area contributed by atoms with Gasteiger partial charge in [-0.15, -0.1) is 0 Å². The molecule has 40 heavy (non-hydrogen) atoms. The maximum absolute atomic E-state index is 13.7. The minimum atomic E-state index is -0.850. The van der Waals surface area contributed by atoms with Crippen LogP contribution < -0.4 is 4.74 Å². The summed E-state index contributed by atoms with van der Waals surface area (Å²) in [6, 6.07) is 14.5. The lowest BCUT2D eigenvalue weighted by Gasteiger charge is -2.34. The highest BCUT2D eigenvalue weighted by Crippen LogP contribution is 2.47. The molecule has 210 valence electrons. The maximum Gasteiger partial charge on any atom is 0.415 e. The number of carbonyl (C=O) groups is 3. The average Bonchev–Trinajstić information content (AvgIpc) is 3.66. The van der Waals surface area contributed by atoms with Crippen molar-refractivity contribution in [1.82, 2.24) is 14.7 Å². The number of benzene rings is 2. The molecule has 2 aromatic rings. The van der Waals surface area contributed by atoms with Crippen molar-refractivity contribution < 1.29 is 23.5 Å². The lowest BCUT2D eigenvalue weighted by Crippen LogP contribution is -2.47. The molecule has 3 aliphatic rings. The molecular weight excluding hydrogens is 535 g/mol. The van der Waals surface area contributed by atoms with Gasteiger partial charge < -0.3 is 19.4 Å². The quantitative estimate of drug-likeness (QED) is 0.499. The van der Waals surface area contributed by atoms with E-state index in [4.69, 9.17) is 16.3 Å². The molecule has 1 saturated carbocycles. The van der Waals surface area contributed by atoms with Crippen LogP contribution in [-0.4, -0.2) is 71.4 Å². The summed E-state index contributed by atoms with van der Waals surface area (Å²) >= 11 is 6.13. The molecule has 1 aliphatic carbocycles. The zero-order valence-corrected chi connectivity index (χ0v) is 23.1. The van der Waals surface area contributed by atoms with Crippen molar-refractivity contribution in [3.8, 4) is 11.8 Å². The minimum Gasteiger partial charge on any atom is -0.410 e. The van der Waals surface area contributed by atoms with Gasteiger partial charge in [-0.3, -0.25) is 9.59 Å². The molecule has 10 heteroatoms. The standard InChI is InChI=1S/C30H32ClFN4O4/c1-2-36(29(39)40-24-9-7-23(32)8-10-24)26-18-35(17-25(26)20-3-5-22(31)6-4-20)27(37)21-11-15-34(16-12-21)28(38)30(19-33)13-14-30/h3-10,21,25-26H,2,11-18H2,1H3. The number of piperidine rings is 1. The fraction of sp³-hybridized carbons (Fsp3) is 0.467. The van der Waals surface area contributed by atoms with Gasteiger partial charge in [0.25, 0.3) is 0 Å². The van der Waals surface area contributed by atoms with Crippen LogP contribution >= 0.6 is 11.6 Å². The van der Waals surface area contributed by atoms with Crippen LogP contribution in [0, 0.1) is 28.5 Å². The Morgan fingerprint density at radius 1 is 1.05 bits per heavy atom. The lowest BCUT2D eigenvalue weighted by molar-refractivity contribution is -0.141. The molecule has 2 atom stereocenters. The number of halogens is 2. The number of hydrogen-bond acceptors (Lipinski definition) is 5. The van der Waals surface area contributed by atoms with E-state index in [0.717, 1.165) is 5.56 Å². The number of nitriles is 1. The molecule has 2 aliphatic heterocycles. The molecule has 0 N–H and O–H groups in total. The molecule has 5 rings (SSSR count). The molecule has 0 bridgehead atoms. The van der Waals surface area contributed by atoms with E-state index in [9.17, 15) is 24.0 Å². The number of carbonyl (C=O) groups excluding carboxylic acids is 3. The van der Waals surface area contributed by atoms with Crippen molar-refractivity contribution in [3.63, 3.8) is 0 Å². The van der Waals surface area contributed by atoms with Crippen molar-refractivity contribution in [2.45, 2.75) is 44.6 Å². The highest BCUT2D eigenvalue weighted by molar-refractivity contribution is 6.30. The van der Waals surface area contributed by atoms with Crippen LogP contribution in [0.25, 0.3) is 0 Å². The number of nitrogens with zero attached hydrogens (tertiary/aromatic N) is 4. The van der Waals surface area contributed by atoms with E-state index in [1.165, 1.54) is 24.3 Å². The molecule has 2 saturated heterocycles. The normalized spacial score (nSPS) is 21.9. The van der Waals surface area contributed by atoms with Crippen LogP contribution in [0.4, 0.5) is 9.18 Å². The zero-order chi connectivity index (χ0) is 28.4. The van der Waals surface area contributed by atoms with E-state index in [2.05, 4.69) is 6.07 Å². The summed E-state index contributed by atoms with van der Waals surface area (Å²) in [5, 5.41) is 9.98. The Labute approximate surface area is 238 Å². The Balaban J connectivity index is 1.30. The molecule has 8 nitrogen and oxygen atoms in total. The number of likely N-dealkylation sites (tertiary alicyclic amines) is 2. The first-order valence-corrected chi connectivity index (χ1v) is 14.1. The minimum absolute atomic E-state index is 0.0120. The van der Waals surface area contributed by atoms with E-state index in [-0.39, 0.29) is 35.4 Å². The Morgan fingerprint density at radius 3 is 2.27 bits per heavy atom. The SMILES string of the molecule is CCN(C(=O)Oc1ccc(F)cc1)C1CN(C(=O)C2CCN(C(=O)C3(C#N)CC3)CC2)CC1c1ccc(Cl)cc1. The number of rotatable bonds is 6. The molecular formula is C30H32ClFN4O4. The van der Waals surface area contributed by atoms with Crippen LogP contribution in [0.5, 0.6) is 5.75 Å². The van der Waals surface area contributed by atoms with Gasteiger partial charge in [0.15, 0.2) is 0 Å². The zero-order valence-electron chi connectivity index (χ0n) is 22.4. The van der Waals surface area contributed by atoms with E-state index < -0.39 is 17.3 Å². The Morgan fingerprint density at radius 2 is 1.70 bits per heavy atom. The number of amides is 3. The third-order valence-electron chi connectivity index (χ3n) is 8.40. The molecule has 0 spiro atoms. The second kappa shape index (κ2) is 11.5. The summed E-state index contributed by atoms with van der Waals surface area (Å²) in [5.74, 6) is -0.668. The highest BCUT2D eigenvalue weighted by atomic mass is 35.5. The highest BCUT2D eigenvalue weighted by Gasteiger charge is 2.53. The molecule has 0 radical (unpaired) electrons. The van der Waals surface area contributed by atoms with Crippen molar-refractivity contribution >= 4 is 29.5 Å². The van der Waals surface area contributed by atoms with Crippen molar-refractivity contribution in [1.29, 1.82) is 5.26 Å². The summed E-state index contributed by atoms with van der Waals surface area (Å²) < 4.78 is 18.9. The second-order valence-corrected chi connectivity index (χ2v) is 11.3. The first-order chi connectivity index (χ1) is 19.2. The third-order valence-corrected chi connectivity index (χ3v) is 8.65. The van der Waals surface area contributed by atoms with Crippen LogP contribution in [0.15, 0.2) is 48.5 Å². The van der Waals surface area contributed by atoms with Gasteiger partial charge in [-0.1, -0.05) is 23.7 Å². The van der Waals surface area contributed by atoms with Gasteiger partial charge in [0.1, 0.15) is 17.0 Å². The predicted octanol–water partition coefficient (Wildman–Crippen LogP) is 4.84. The monoisotopic (exact) mass is 566 g/mol. The van der Waals surface area contributed by atoms with Crippen LogP contribution in [0.1, 0.15) is 44.1 Å². The second-order valence-electron chi connectivity index (χ2n) is 10.8. The summed E-state index contributed by atoms with van der Waals surface area (Å²) in [4.78, 5) is 44.9. The van der Waals surface area contributed by atoms with E-state index in [1.807, 2.05) is 24.0 Å². The first kappa shape index (κ1) is 27.9. The average molecular weight is 567 g/mol. The summed E-state index contributed by atoms with van der Waals surface area (Å²) in [6.45, 7) is 3.91. The van der Waals surface area contributed by atoms with E-state index in [1.54, 1.807) is 21.9 Å². The van der Waals surface area contributed by atoms with Crippen LogP contribution in [0.3, 0.4) is 0 Å². The lowest BCUT2D eigenvalue weighted by atomic mass is 9.93. The first-order valence-electron chi connectivity index (χ1n) is 13.7. The Hall–Kier alpha value is -3.64. The molecule has 2 aromatic carbocycles. The fourth-order valence-electron chi connectivity index (χ4n) is 5.87. The number of likely N-dealkylation sites (N-methyl/N-ethyl adjacent to an activating group) is 1. The van der Waals surface area contributed by atoms with Gasteiger partial charge in [-0.25, -0.2) is 9.18 Å². The smallest absolute Gasteiger partial charge is 0.410 e. The summed E-state index contributed by atoms with van der Waals surface area (Å²) in [5.41, 5.74) is 0.112. The van der Waals surface area contributed by atoms with Crippen molar-refractivity contribution in [3.05, 3.63) is 64.9 Å². The third kappa shape index (κ3) is 5.64. The fourth-order valence-corrected chi connectivity index (χ4v) is 6.00. The number of hydrogen-bond donors (Lipinski definition) is 0. The topological polar surface area (TPSA) is 93.9 Å². The number of ether oxygens (including phenoxy) is 1.